The Kier molecular flexibility index (Phi) is 10.1. The molecule has 6 heteroatoms. The maximum absolute atomic E-state index is 14.1. The van der Waals surface area contributed by atoms with Crippen molar-refractivity contribution in [3.8, 4) is 0 Å². The molecule has 5 nitrogen and oxygen atoms in total. The Labute approximate surface area is 284 Å². The Balaban J connectivity index is 1.38. The molecule has 0 aromatic carbocycles. The molecule has 0 bridgehead atoms. The zero-order valence-corrected chi connectivity index (χ0v) is 31.2. The molecule has 0 spiro atoms. The third kappa shape index (κ3) is 5.97. The van der Waals surface area contributed by atoms with Crippen molar-refractivity contribution >= 4 is 28.8 Å². The van der Waals surface area contributed by atoms with E-state index in [0.29, 0.717) is 40.4 Å². The number of likely N-dealkylation sites (N-methyl/N-ethyl adjacent to an activating group) is 1. The lowest BCUT2D eigenvalue weighted by Crippen LogP contribution is -2.59. The van der Waals surface area contributed by atoms with Gasteiger partial charge in [0.25, 0.3) is 0 Å². The fourth-order valence-corrected chi connectivity index (χ4v) is 12.3. The summed E-state index contributed by atoms with van der Waals surface area (Å²) in [7, 11) is 5.60. The van der Waals surface area contributed by atoms with Gasteiger partial charge in [0, 0.05) is 18.0 Å². The lowest BCUT2D eigenvalue weighted by molar-refractivity contribution is -0.163. The monoisotopic (exact) mass is 650 g/mol. The number of fused-ring (bicyclic) bond motifs is 3. The highest BCUT2D eigenvalue weighted by molar-refractivity contribution is 7.15. The van der Waals surface area contributed by atoms with Crippen LogP contribution in [0.3, 0.4) is 0 Å². The summed E-state index contributed by atoms with van der Waals surface area (Å²) in [6.45, 7) is 20.9. The molecular formula is C40H62N2O3S. The minimum Gasteiger partial charge on any atom is -0.465 e. The van der Waals surface area contributed by atoms with E-state index in [0.717, 1.165) is 45.2 Å². The molecule has 1 aromatic rings. The maximum atomic E-state index is 14.1. The van der Waals surface area contributed by atoms with Crippen LogP contribution in [0.4, 0.5) is 0 Å². The number of rotatable bonds is 10. The number of amides is 1. The average Bonchev–Trinajstić information content (AvgIpc) is 3.63. The standard InChI is InChI=1S/C40H62N2O3S/c1-26(2)28-17-21-40(36(44)41-24-25-42(8)9)23-22-39(7)31(34(28)40)12-11-19-38(39,6)20-18-29-27(3)13-14-30(37(29,4)5)32-15-16-33(46-32)35(43)45-10/h14-16,27-29,31,34H,1,11-13,17-25H2,2-10H3,(H,41,44). The number of methoxy groups -OCH3 is 1. The summed E-state index contributed by atoms with van der Waals surface area (Å²) >= 11 is 1.57. The van der Waals surface area contributed by atoms with Gasteiger partial charge in [-0.1, -0.05) is 59.3 Å². The molecule has 8 unspecified atom stereocenters. The van der Waals surface area contributed by atoms with E-state index >= 15 is 0 Å². The molecule has 1 amide bonds. The second kappa shape index (κ2) is 13.2. The quantitative estimate of drug-likeness (QED) is 0.203. The number of nitrogens with zero attached hydrogens (tertiary/aromatic N) is 1. The van der Waals surface area contributed by atoms with Gasteiger partial charge in [0.2, 0.25) is 5.91 Å². The predicted molar refractivity (Wildman–Crippen MR) is 192 cm³/mol. The fraction of sp³-hybridized carbons (Fsp3) is 0.750. The van der Waals surface area contributed by atoms with Crippen molar-refractivity contribution in [2.75, 3.05) is 34.3 Å². The number of esters is 1. The third-order valence-electron chi connectivity index (χ3n) is 14.1. The van der Waals surface area contributed by atoms with E-state index < -0.39 is 0 Å². The van der Waals surface area contributed by atoms with Gasteiger partial charge in [0.1, 0.15) is 4.88 Å². The first-order valence-corrected chi connectivity index (χ1v) is 18.9. The zero-order chi connectivity index (χ0) is 33.7. The zero-order valence-electron chi connectivity index (χ0n) is 30.4. The largest absolute Gasteiger partial charge is 0.465 e. The van der Waals surface area contributed by atoms with Gasteiger partial charge in [-0.2, -0.15) is 0 Å². The number of hydrogen-bond donors (Lipinski definition) is 1. The molecule has 4 aliphatic carbocycles. The normalized spacial score (nSPS) is 36.8. The summed E-state index contributed by atoms with van der Waals surface area (Å²) in [4.78, 5) is 30.4. The van der Waals surface area contributed by atoms with Gasteiger partial charge >= 0.3 is 5.97 Å². The molecule has 3 fully saturated rings. The molecule has 8 atom stereocenters. The molecule has 1 N–H and O–H groups in total. The van der Waals surface area contributed by atoms with E-state index in [9.17, 15) is 9.59 Å². The highest BCUT2D eigenvalue weighted by Gasteiger charge is 2.66. The van der Waals surface area contributed by atoms with Crippen LogP contribution in [0.15, 0.2) is 30.4 Å². The van der Waals surface area contributed by atoms with Crippen molar-refractivity contribution in [2.24, 2.45) is 51.2 Å². The fourth-order valence-electron chi connectivity index (χ4n) is 11.2. The number of ether oxygens (including phenoxy) is 1. The smallest absolute Gasteiger partial charge is 0.348 e. The van der Waals surface area contributed by atoms with Crippen LogP contribution in [0.25, 0.3) is 5.57 Å². The van der Waals surface area contributed by atoms with E-state index in [1.807, 2.05) is 6.07 Å². The molecular weight excluding hydrogens is 589 g/mol. The summed E-state index contributed by atoms with van der Waals surface area (Å²) < 4.78 is 5.01. The molecule has 0 radical (unpaired) electrons. The number of hydrogen-bond acceptors (Lipinski definition) is 5. The Morgan fingerprint density at radius 1 is 1.09 bits per heavy atom. The maximum Gasteiger partial charge on any atom is 0.348 e. The van der Waals surface area contributed by atoms with Crippen LogP contribution < -0.4 is 5.32 Å². The molecule has 4 aliphatic rings. The van der Waals surface area contributed by atoms with Gasteiger partial charge in [-0.25, -0.2) is 4.79 Å². The Hall–Kier alpha value is -1.92. The van der Waals surface area contributed by atoms with Crippen molar-refractivity contribution in [3.05, 3.63) is 40.1 Å². The minimum absolute atomic E-state index is 0.0180. The van der Waals surface area contributed by atoms with E-state index in [1.54, 1.807) is 11.3 Å². The first kappa shape index (κ1) is 35.4. The second-order valence-corrected chi connectivity index (χ2v) is 18.1. The molecule has 1 aromatic heterocycles. The van der Waals surface area contributed by atoms with Crippen molar-refractivity contribution in [3.63, 3.8) is 0 Å². The van der Waals surface area contributed by atoms with Crippen LogP contribution >= 0.6 is 11.3 Å². The van der Waals surface area contributed by atoms with E-state index in [-0.39, 0.29) is 27.6 Å². The van der Waals surface area contributed by atoms with Gasteiger partial charge < -0.3 is 15.0 Å². The molecule has 0 saturated heterocycles. The van der Waals surface area contributed by atoms with E-state index in [2.05, 4.69) is 84.6 Å². The van der Waals surface area contributed by atoms with Crippen LogP contribution in [0.2, 0.25) is 0 Å². The highest BCUT2D eigenvalue weighted by atomic mass is 32.1. The SMILES string of the molecule is C=C(C)C1CCC2(C(=O)NCCN(C)C)CCC3(C)C(CCCC3(C)CCC3C(C)CC=C(c4ccc(C(=O)OC)s4)C3(C)C)C12. The minimum atomic E-state index is -0.248. The summed E-state index contributed by atoms with van der Waals surface area (Å²) in [5, 5.41) is 3.40. The van der Waals surface area contributed by atoms with Crippen molar-refractivity contribution in [1.82, 2.24) is 10.2 Å². The highest BCUT2D eigenvalue weighted by Crippen LogP contribution is 2.71. The van der Waals surface area contributed by atoms with Gasteiger partial charge in [-0.15, -0.1) is 11.3 Å². The summed E-state index contributed by atoms with van der Waals surface area (Å²) in [5.41, 5.74) is 2.90. The van der Waals surface area contributed by atoms with Crippen LogP contribution in [0.1, 0.15) is 120 Å². The molecule has 256 valence electrons. The molecule has 0 aliphatic heterocycles. The Morgan fingerprint density at radius 3 is 2.50 bits per heavy atom. The summed E-state index contributed by atoms with van der Waals surface area (Å²) in [6.07, 6.45) is 14.0. The van der Waals surface area contributed by atoms with Gasteiger partial charge in [0.05, 0.1) is 12.5 Å². The third-order valence-corrected chi connectivity index (χ3v) is 15.2. The number of thiophene rings is 1. The van der Waals surface area contributed by atoms with Crippen molar-refractivity contribution in [1.29, 1.82) is 0 Å². The van der Waals surface area contributed by atoms with Gasteiger partial charge in [0.15, 0.2) is 0 Å². The van der Waals surface area contributed by atoms with Gasteiger partial charge in [-0.05, 0) is 142 Å². The van der Waals surface area contributed by atoms with Crippen LogP contribution in [0, 0.1) is 51.2 Å². The van der Waals surface area contributed by atoms with Crippen LogP contribution in [0.5, 0.6) is 0 Å². The summed E-state index contributed by atoms with van der Waals surface area (Å²) in [5.74, 6) is 2.64. The summed E-state index contributed by atoms with van der Waals surface area (Å²) in [6, 6.07) is 4.04. The van der Waals surface area contributed by atoms with E-state index in [4.69, 9.17) is 4.74 Å². The lowest BCUT2D eigenvalue weighted by atomic mass is 9.41. The number of allylic oxidation sites excluding steroid dienone is 3. The molecule has 46 heavy (non-hydrogen) atoms. The van der Waals surface area contributed by atoms with Crippen LogP contribution in [-0.2, 0) is 9.53 Å². The Bertz CT molecular complexity index is 1340. The second-order valence-electron chi connectivity index (χ2n) is 17.1. The molecule has 3 saturated carbocycles. The topological polar surface area (TPSA) is 58.6 Å². The van der Waals surface area contributed by atoms with Gasteiger partial charge in [-0.3, -0.25) is 4.79 Å². The number of carbonyl (C=O) groups is 2. The van der Waals surface area contributed by atoms with Crippen molar-refractivity contribution < 1.29 is 14.3 Å². The first-order valence-electron chi connectivity index (χ1n) is 18.1. The Morgan fingerprint density at radius 2 is 1.83 bits per heavy atom. The average molecular weight is 651 g/mol. The predicted octanol–water partition coefficient (Wildman–Crippen LogP) is 9.25. The lowest BCUT2D eigenvalue weighted by Gasteiger charge is -2.63. The number of nitrogens with one attached hydrogen (secondary N) is 1. The molecule has 1 heterocycles. The molecule has 5 rings (SSSR count). The van der Waals surface area contributed by atoms with E-state index in [1.165, 1.54) is 55.2 Å². The number of carbonyl (C=O) groups excluding carboxylic acids is 2. The van der Waals surface area contributed by atoms with Crippen molar-refractivity contribution in [2.45, 2.75) is 106 Å². The first-order chi connectivity index (χ1) is 21.6. The van der Waals surface area contributed by atoms with Crippen LogP contribution in [-0.4, -0.2) is 51.1 Å².